The Labute approximate surface area is 184 Å². The maximum Gasteiger partial charge on any atom is 0.573 e. The number of rotatable bonds is 3. The second kappa shape index (κ2) is 7.44. The van der Waals surface area contributed by atoms with Crippen molar-refractivity contribution in [3.63, 3.8) is 0 Å². The average molecular weight is 469 g/mol. The minimum atomic E-state index is -4.98. The van der Waals surface area contributed by atoms with Crippen molar-refractivity contribution in [2.24, 2.45) is 0 Å². The summed E-state index contributed by atoms with van der Waals surface area (Å²) in [6.07, 6.45) is -3.04. The molecule has 2 aliphatic heterocycles. The fourth-order valence-electron chi connectivity index (χ4n) is 4.45. The van der Waals surface area contributed by atoms with Crippen LogP contribution in [-0.4, -0.2) is 57.6 Å². The zero-order valence-corrected chi connectivity index (χ0v) is 17.1. The molecule has 2 aliphatic rings. The Morgan fingerprint density at radius 2 is 1.97 bits per heavy atom. The maximum atomic E-state index is 13.0. The number of hydrogen-bond donors (Lipinski definition) is 1. The molecule has 5 rings (SSSR count). The van der Waals surface area contributed by atoms with E-state index < -0.39 is 18.2 Å². The van der Waals surface area contributed by atoms with E-state index in [-0.39, 0.29) is 34.2 Å². The monoisotopic (exact) mass is 468 g/mol. The third-order valence-electron chi connectivity index (χ3n) is 5.70. The second-order valence-corrected chi connectivity index (χ2v) is 8.06. The van der Waals surface area contributed by atoms with Crippen LogP contribution < -0.4 is 9.64 Å². The minimum absolute atomic E-state index is 0.0513. The molecule has 2 saturated heterocycles. The molecule has 2 aromatic heterocycles. The Morgan fingerprint density at radius 3 is 2.56 bits per heavy atom. The summed E-state index contributed by atoms with van der Waals surface area (Å²) in [5, 5.41) is 9.17. The first kappa shape index (κ1) is 20.7. The number of carboxylic acid groups (broad SMARTS) is 1. The Balaban J connectivity index is 1.61. The van der Waals surface area contributed by atoms with Gasteiger partial charge in [0.2, 0.25) is 0 Å². The van der Waals surface area contributed by atoms with Gasteiger partial charge in [-0.3, -0.25) is 9.88 Å². The van der Waals surface area contributed by atoms with E-state index in [0.717, 1.165) is 0 Å². The third kappa shape index (κ3) is 3.56. The van der Waals surface area contributed by atoms with Crippen LogP contribution in [0.3, 0.4) is 0 Å². The van der Waals surface area contributed by atoms with Gasteiger partial charge in [0.15, 0.2) is 16.8 Å². The van der Waals surface area contributed by atoms with Crippen LogP contribution in [0, 0.1) is 0 Å². The molecule has 0 spiro atoms. The largest absolute Gasteiger partial charge is 0.573 e. The van der Waals surface area contributed by atoms with E-state index in [1.54, 1.807) is 23.1 Å². The molecule has 1 N–H and O–H groups in total. The molecule has 0 aliphatic carbocycles. The average Bonchev–Trinajstić information content (AvgIpc) is 3.29. The summed E-state index contributed by atoms with van der Waals surface area (Å²) in [7, 11) is 0. The van der Waals surface area contributed by atoms with Crippen molar-refractivity contribution in [3.8, 4) is 17.0 Å². The van der Waals surface area contributed by atoms with Crippen molar-refractivity contribution < 1.29 is 32.2 Å². The van der Waals surface area contributed by atoms with E-state index in [1.165, 1.54) is 17.2 Å². The van der Waals surface area contributed by atoms with Gasteiger partial charge in [-0.25, -0.2) is 4.79 Å². The zero-order valence-electron chi connectivity index (χ0n) is 16.3. The van der Waals surface area contributed by atoms with Gasteiger partial charge in [0.05, 0.1) is 22.8 Å². The second-order valence-electron chi connectivity index (χ2n) is 7.65. The molecule has 0 radical (unpaired) electrons. The van der Waals surface area contributed by atoms with Gasteiger partial charge in [0.25, 0.3) is 6.01 Å². The fraction of sp³-hybridized carbons (Fsp3) is 0.350. The van der Waals surface area contributed by atoms with Gasteiger partial charge in [0, 0.05) is 24.8 Å². The molecule has 0 saturated carbocycles. The Kier molecular flexibility index (Phi) is 4.81. The fourth-order valence-corrected chi connectivity index (χ4v) is 4.69. The van der Waals surface area contributed by atoms with Crippen molar-refractivity contribution in [3.05, 3.63) is 35.5 Å². The van der Waals surface area contributed by atoms with Crippen molar-refractivity contribution in [1.29, 1.82) is 0 Å². The number of piperazine rings is 1. The van der Waals surface area contributed by atoms with Crippen LogP contribution in [0.25, 0.3) is 22.4 Å². The van der Waals surface area contributed by atoms with E-state index in [1.807, 2.05) is 0 Å². The normalized spacial score (nSPS) is 20.8. The van der Waals surface area contributed by atoms with E-state index in [9.17, 15) is 23.1 Å². The van der Waals surface area contributed by atoms with E-state index in [0.29, 0.717) is 37.2 Å². The van der Waals surface area contributed by atoms with Crippen LogP contribution >= 0.6 is 11.6 Å². The van der Waals surface area contributed by atoms with Gasteiger partial charge in [-0.2, -0.15) is 4.98 Å². The first-order valence-electron chi connectivity index (χ1n) is 9.77. The first-order valence-corrected chi connectivity index (χ1v) is 10.2. The molecule has 4 heterocycles. The molecule has 3 aromatic rings. The predicted octanol–water partition coefficient (Wildman–Crippen LogP) is 4.77. The number of hydrogen-bond acceptors (Lipinski definition) is 6. The first-order chi connectivity index (χ1) is 15.2. The summed E-state index contributed by atoms with van der Waals surface area (Å²) in [5.74, 6) is -0.656. The number of oxazole rings is 1. The number of alkyl halides is 3. The summed E-state index contributed by atoms with van der Waals surface area (Å²) in [5.41, 5.74) is 0.677. The molecule has 8 nitrogen and oxygen atoms in total. The van der Waals surface area contributed by atoms with Crippen molar-refractivity contribution in [1.82, 2.24) is 14.9 Å². The lowest BCUT2D eigenvalue weighted by Crippen LogP contribution is -2.55. The third-order valence-corrected chi connectivity index (χ3v) is 5.98. The summed E-state index contributed by atoms with van der Waals surface area (Å²) in [4.78, 5) is 23.2. The molecule has 2 unspecified atom stereocenters. The zero-order chi connectivity index (χ0) is 22.6. The van der Waals surface area contributed by atoms with E-state index >= 15 is 0 Å². The summed E-state index contributed by atoms with van der Waals surface area (Å²) in [6, 6.07) is 5.98. The van der Waals surface area contributed by atoms with Crippen LogP contribution in [0.5, 0.6) is 5.75 Å². The van der Waals surface area contributed by atoms with Crippen LogP contribution in [0.4, 0.5) is 24.0 Å². The number of ether oxygens (including phenoxy) is 1. The molecule has 2 atom stereocenters. The number of anilines is 1. The Hall–Kier alpha value is -3.21. The molecule has 12 heteroatoms. The number of halogens is 4. The van der Waals surface area contributed by atoms with Gasteiger partial charge in [0.1, 0.15) is 0 Å². The number of nitrogens with zero attached hydrogens (tertiary/aromatic N) is 4. The van der Waals surface area contributed by atoms with E-state index in [2.05, 4.69) is 14.7 Å². The molecule has 2 bridgehead atoms. The number of pyridine rings is 1. The molecule has 1 amide bonds. The van der Waals surface area contributed by atoms with Gasteiger partial charge in [-0.1, -0.05) is 17.7 Å². The topological polar surface area (TPSA) is 91.9 Å². The lowest BCUT2D eigenvalue weighted by molar-refractivity contribution is -0.274. The highest BCUT2D eigenvalue weighted by molar-refractivity contribution is 6.33. The highest BCUT2D eigenvalue weighted by Gasteiger charge is 2.44. The minimum Gasteiger partial charge on any atom is -0.465 e. The van der Waals surface area contributed by atoms with Gasteiger partial charge in [-0.05, 0) is 31.0 Å². The molecule has 32 heavy (non-hydrogen) atoms. The van der Waals surface area contributed by atoms with Crippen molar-refractivity contribution in [2.45, 2.75) is 31.3 Å². The molecule has 168 valence electrons. The molecule has 1 aromatic carbocycles. The van der Waals surface area contributed by atoms with Gasteiger partial charge in [-0.15, -0.1) is 13.2 Å². The number of aromatic nitrogens is 2. The lowest BCUT2D eigenvalue weighted by Gasteiger charge is -2.38. The number of fused-ring (bicyclic) bond motifs is 3. The summed E-state index contributed by atoms with van der Waals surface area (Å²) in [6.45, 7) is 0.634. The Bertz CT molecular complexity index is 1170. The van der Waals surface area contributed by atoms with Crippen molar-refractivity contribution in [2.75, 3.05) is 18.0 Å². The predicted molar refractivity (Wildman–Crippen MR) is 108 cm³/mol. The van der Waals surface area contributed by atoms with E-state index in [4.69, 9.17) is 16.0 Å². The van der Waals surface area contributed by atoms with Crippen LogP contribution in [-0.2, 0) is 0 Å². The number of amides is 1. The van der Waals surface area contributed by atoms with Gasteiger partial charge >= 0.3 is 12.5 Å². The Morgan fingerprint density at radius 1 is 1.25 bits per heavy atom. The molecular weight excluding hydrogens is 453 g/mol. The highest BCUT2D eigenvalue weighted by atomic mass is 35.5. The van der Waals surface area contributed by atoms with Crippen LogP contribution in [0.1, 0.15) is 12.8 Å². The maximum absolute atomic E-state index is 13.0. The smallest absolute Gasteiger partial charge is 0.465 e. The summed E-state index contributed by atoms with van der Waals surface area (Å²) >= 11 is 6.15. The number of carbonyl (C=O) groups is 1. The molecule has 2 fully saturated rings. The number of benzene rings is 1. The summed E-state index contributed by atoms with van der Waals surface area (Å²) < 4.78 is 49.2. The lowest BCUT2D eigenvalue weighted by atomic mass is 10.1. The highest BCUT2D eigenvalue weighted by Crippen LogP contribution is 2.44. The molecular formula is C20H16ClF3N4O4. The SMILES string of the molecule is O=C(O)N1C2CCC1CN(c1nc3c(OC(F)(F)F)c(Cl)cc(-c4ccccn4)c3o1)C2. The standard InChI is InChI=1S/C20H16ClF3N4O4/c21-13-7-12(14-3-1-2-6-25-14)16-15(17(13)32-20(22,23)24)26-18(31-16)27-8-10-4-5-11(9-27)28(10)19(29)30/h1-3,6-7,10-11H,4-5,8-9H2,(H,29,30). The quantitative estimate of drug-likeness (QED) is 0.591. The van der Waals surface area contributed by atoms with Crippen molar-refractivity contribution >= 4 is 34.8 Å². The van der Waals surface area contributed by atoms with Crippen LogP contribution in [0.15, 0.2) is 34.9 Å². The van der Waals surface area contributed by atoms with Crippen LogP contribution in [0.2, 0.25) is 5.02 Å². The van der Waals surface area contributed by atoms with Gasteiger partial charge < -0.3 is 19.2 Å².